The molecule has 0 spiro atoms. The van der Waals surface area contributed by atoms with Gasteiger partial charge in [-0.15, -0.1) is 0 Å². The van der Waals surface area contributed by atoms with Gasteiger partial charge in [-0.2, -0.15) is 0 Å². The van der Waals surface area contributed by atoms with Gasteiger partial charge < -0.3 is 24.8 Å². The van der Waals surface area contributed by atoms with Crippen molar-refractivity contribution in [2.24, 2.45) is 0 Å². The smallest absolute Gasteiger partial charge is 0.236 e. The summed E-state index contributed by atoms with van der Waals surface area (Å²) in [5.41, 5.74) is 0.669. The monoisotopic (exact) mass is 477 g/mol. The predicted octanol–water partition coefficient (Wildman–Crippen LogP) is 3.28. The summed E-state index contributed by atoms with van der Waals surface area (Å²) in [5.74, 6) is 0.494. The third-order valence-electron chi connectivity index (χ3n) is 5.10. The van der Waals surface area contributed by atoms with Gasteiger partial charge in [0.05, 0.1) is 32.0 Å². The highest BCUT2D eigenvalue weighted by Gasteiger charge is 2.17. The van der Waals surface area contributed by atoms with Crippen molar-refractivity contribution in [3.05, 3.63) is 41.4 Å². The summed E-state index contributed by atoms with van der Waals surface area (Å²) in [7, 11) is 6.85. The number of amides is 1. The number of halogens is 2. The van der Waals surface area contributed by atoms with E-state index in [1.807, 2.05) is 19.0 Å². The molecule has 1 aliphatic rings. The van der Waals surface area contributed by atoms with Crippen LogP contribution in [0.3, 0.4) is 0 Å². The van der Waals surface area contributed by atoms with Crippen molar-refractivity contribution in [3.8, 4) is 17.2 Å². The molecule has 0 atom stereocenters. The van der Waals surface area contributed by atoms with Gasteiger partial charge in [-0.3, -0.25) is 9.69 Å². The van der Waals surface area contributed by atoms with Gasteiger partial charge in [0.15, 0.2) is 17.3 Å². The Morgan fingerprint density at radius 3 is 2.45 bits per heavy atom. The molecule has 1 aliphatic heterocycles. The minimum Gasteiger partial charge on any atom is -0.506 e. The molecule has 3 aromatic rings. The van der Waals surface area contributed by atoms with Crippen LogP contribution in [0.5, 0.6) is 17.2 Å². The molecule has 2 heterocycles. The number of carbonyl (C=O) groups excluding carboxylic acids is 1. The van der Waals surface area contributed by atoms with Crippen LogP contribution in [0.25, 0.3) is 10.9 Å². The Labute approximate surface area is 195 Å². The normalized spacial score (nSPS) is 14.0. The van der Waals surface area contributed by atoms with Gasteiger partial charge in [-0.1, -0.05) is 11.6 Å². The maximum atomic E-state index is 14.2. The number of hydrogen-bond donors (Lipinski definition) is 2. The minimum atomic E-state index is -0.774. The minimum absolute atomic E-state index is 0.0765. The molecule has 1 saturated heterocycles. The molecule has 1 aromatic heterocycles. The van der Waals surface area contributed by atoms with Crippen molar-refractivity contribution in [1.82, 2.24) is 19.8 Å². The number of nitrogens with one attached hydrogen (secondary N) is 1. The van der Waals surface area contributed by atoms with Gasteiger partial charge in [0.1, 0.15) is 22.9 Å². The van der Waals surface area contributed by atoms with Crippen LogP contribution in [0.4, 0.5) is 15.9 Å². The van der Waals surface area contributed by atoms with E-state index >= 15 is 0 Å². The van der Waals surface area contributed by atoms with Crippen LogP contribution in [0.1, 0.15) is 0 Å². The molecule has 33 heavy (non-hydrogen) atoms. The lowest BCUT2D eigenvalue weighted by Crippen LogP contribution is -2.46. The largest absolute Gasteiger partial charge is 0.506 e. The van der Waals surface area contributed by atoms with Gasteiger partial charge in [-0.25, -0.2) is 14.4 Å². The fraction of sp³-hybridized carbons (Fsp3) is 0.318. The Hall–Kier alpha value is -3.37. The third kappa shape index (κ3) is 5.52. The summed E-state index contributed by atoms with van der Waals surface area (Å²) in [5, 5.41) is 12.5. The summed E-state index contributed by atoms with van der Waals surface area (Å²) in [6, 6.07) is 6.05. The second kappa shape index (κ2) is 10.5. The number of rotatable bonds is 4. The summed E-state index contributed by atoms with van der Waals surface area (Å²) >= 11 is 5.72. The maximum absolute atomic E-state index is 14.2. The molecule has 2 N–H and O–H groups in total. The van der Waals surface area contributed by atoms with Gasteiger partial charge in [0, 0.05) is 31.6 Å². The van der Waals surface area contributed by atoms with E-state index in [4.69, 9.17) is 21.1 Å². The quantitative estimate of drug-likeness (QED) is 0.552. The molecule has 4 rings (SSSR count). The topological polar surface area (TPSA) is 100 Å². The van der Waals surface area contributed by atoms with Crippen LogP contribution in [-0.2, 0) is 4.79 Å². The second-order valence-electron chi connectivity index (χ2n) is 7.38. The van der Waals surface area contributed by atoms with E-state index in [0.717, 1.165) is 13.1 Å². The van der Waals surface area contributed by atoms with Crippen LogP contribution >= 0.6 is 11.6 Å². The molecule has 0 saturated carbocycles. The number of anilines is 2. The summed E-state index contributed by atoms with van der Waals surface area (Å²) in [6.07, 6.45) is 1.34. The number of nitrogens with zero attached hydrogens (tertiary/aromatic N) is 4. The number of methoxy groups -OCH3 is 2. The van der Waals surface area contributed by atoms with Crippen molar-refractivity contribution in [2.45, 2.75) is 0 Å². The highest BCUT2D eigenvalue weighted by atomic mass is 35.5. The molecule has 0 bridgehead atoms. The Morgan fingerprint density at radius 2 is 1.82 bits per heavy atom. The van der Waals surface area contributed by atoms with Crippen LogP contribution in [0, 0.1) is 5.82 Å². The number of phenolic OH excluding ortho intramolecular Hbond substituents is 1. The van der Waals surface area contributed by atoms with Crippen LogP contribution < -0.4 is 14.8 Å². The van der Waals surface area contributed by atoms with Crippen LogP contribution in [0.15, 0.2) is 30.6 Å². The molecule has 11 heteroatoms. The molecule has 1 amide bonds. The fourth-order valence-electron chi connectivity index (χ4n) is 3.12. The van der Waals surface area contributed by atoms with Crippen molar-refractivity contribution in [2.75, 3.05) is 53.3 Å². The SMILES string of the molecule is CN1CCN(C)C(=O)C1.COc1cc2ncnc(Nc3ccc(O)c(Cl)c3F)c2cc1OC. The van der Waals surface area contributed by atoms with Crippen LogP contribution in [-0.4, -0.2) is 78.7 Å². The summed E-state index contributed by atoms with van der Waals surface area (Å²) < 4.78 is 24.7. The number of ether oxygens (including phenoxy) is 2. The first-order valence-electron chi connectivity index (χ1n) is 9.98. The summed E-state index contributed by atoms with van der Waals surface area (Å²) in [6.45, 7) is 2.45. The number of aromatic hydroxyl groups is 1. The highest BCUT2D eigenvalue weighted by molar-refractivity contribution is 6.32. The molecule has 1 fully saturated rings. The first-order valence-corrected chi connectivity index (χ1v) is 10.4. The van der Waals surface area contributed by atoms with E-state index in [1.54, 1.807) is 17.0 Å². The Morgan fingerprint density at radius 1 is 1.12 bits per heavy atom. The van der Waals surface area contributed by atoms with E-state index in [-0.39, 0.29) is 22.4 Å². The summed E-state index contributed by atoms with van der Waals surface area (Å²) in [4.78, 5) is 23.0. The number of hydrogen-bond acceptors (Lipinski definition) is 8. The van der Waals surface area contributed by atoms with Gasteiger partial charge >= 0.3 is 0 Å². The van der Waals surface area contributed by atoms with E-state index in [2.05, 4.69) is 15.3 Å². The lowest BCUT2D eigenvalue weighted by molar-refractivity contribution is -0.133. The number of carbonyl (C=O) groups is 1. The molecular weight excluding hydrogens is 453 g/mol. The highest BCUT2D eigenvalue weighted by Crippen LogP contribution is 2.36. The molecule has 2 aromatic carbocycles. The van der Waals surface area contributed by atoms with E-state index in [0.29, 0.717) is 34.8 Å². The molecule has 0 unspecified atom stereocenters. The van der Waals surface area contributed by atoms with Crippen molar-refractivity contribution >= 4 is 39.9 Å². The van der Waals surface area contributed by atoms with Crippen molar-refractivity contribution in [1.29, 1.82) is 0 Å². The zero-order valence-corrected chi connectivity index (χ0v) is 19.5. The predicted molar refractivity (Wildman–Crippen MR) is 124 cm³/mol. The number of likely N-dealkylation sites (N-methyl/N-ethyl adjacent to an activating group) is 2. The Bertz CT molecular complexity index is 1160. The van der Waals surface area contributed by atoms with Gasteiger partial charge in [0.25, 0.3) is 0 Å². The third-order valence-corrected chi connectivity index (χ3v) is 5.46. The number of benzene rings is 2. The Balaban J connectivity index is 0.000000286. The zero-order chi connectivity index (χ0) is 24.1. The number of piperazine rings is 1. The first kappa shape index (κ1) is 24.3. The second-order valence-corrected chi connectivity index (χ2v) is 7.76. The molecule has 0 aliphatic carbocycles. The first-order chi connectivity index (χ1) is 15.7. The van der Waals surface area contributed by atoms with E-state index < -0.39 is 5.82 Å². The number of phenols is 1. The average Bonchev–Trinajstić information content (AvgIpc) is 2.81. The number of fused-ring (bicyclic) bond motifs is 1. The lowest BCUT2D eigenvalue weighted by Gasteiger charge is -2.28. The lowest BCUT2D eigenvalue weighted by atomic mass is 10.2. The van der Waals surface area contributed by atoms with Crippen molar-refractivity contribution in [3.63, 3.8) is 0 Å². The molecule has 0 radical (unpaired) electrons. The maximum Gasteiger partial charge on any atom is 0.236 e. The zero-order valence-electron chi connectivity index (χ0n) is 18.7. The standard InChI is InChI=1S/C16H13ClFN3O3.C6H12N2O/c1-23-12-5-8-10(6-13(12)24-2)19-7-20-16(8)21-9-3-4-11(22)14(17)15(9)18;1-7-3-4-8(2)6(9)5-7/h3-7,22H,1-2H3,(H,19,20,21);3-5H2,1-2H3. The fourth-order valence-corrected chi connectivity index (χ4v) is 3.29. The molecule has 9 nitrogen and oxygen atoms in total. The Kier molecular flexibility index (Phi) is 7.72. The molecule has 176 valence electrons. The van der Waals surface area contributed by atoms with E-state index in [1.165, 1.54) is 32.7 Å². The van der Waals surface area contributed by atoms with Crippen molar-refractivity contribution < 1.29 is 23.8 Å². The molecular formula is C22H25ClFN5O4. The van der Waals surface area contributed by atoms with E-state index in [9.17, 15) is 14.3 Å². The van der Waals surface area contributed by atoms with Gasteiger partial charge in [-0.05, 0) is 25.2 Å². The average molecular weight is 478 g/mol. The van der Waals surface area contributed by atoms with Gasteiger partial charge in [0.2, 0.25) is 5.91 Å². The van der Waals surface area contributed by atoms with Crippen LogP contribution in [0.2, 0.25) is 5.02 Å². The number of aromatic nitrogens is 2.